The Labute approximate surface area is 131 Å². The van der Waals surface area contributed by atoms with Gasteiger partial charge >= 0.3 is 0 Å². The first-order valence-electron chi connectivity index (χ1n) is 6.70. The van der Waals surface area contributed by atoms with E-state index in [2.05, 4.69) is 17.6 Å². The van der Waals surface area contributed by atoms with Crippen molar-refractivity contribution in [3.8, 4) is 0 Å². The van der Waals surface area contributed by atoms with Gasteiger partial charge in [0, 0.05) is 12.0 Å². The van der Waals surface area contributed by atoms with E-state index in [1.165, 1.54) is 0 Å². The Morgan fingerprint density at radius 2 is 1.68 bits per heavy atom. The summed E-state index contributed by atoms with van der Waals surface area (Å²) in [6.45, 7) is 7.98. The van der Waals surface area contributed by atoms with Crippen molar-refractivity contribution in [1.29, 1.82) is 0 Å². The molecule has 2 N–H and O–H groups in total. The van der Waals surface area contributed by atoms with Gasteiger partial charge in [-0.05, 0) is 27.2 Å². The van der Waals surface area contributed by atoms with Crippen LogP contribution in [-0.4, -0.2) is 21.4 Å². The van der Waals surface area contributed by atoms with Crippen LogP contribution in [0.2, 0.25) is 0 Å². The van der Waals surface area contributed by atoms with Crippen molar-refractivity contribution in [2.45, 2.75) is 75.3 Å². The number of halogens is 3. The molecule has 0 fully saturated rings. The summed E-state index contributed by atoms with van der Waals surface area (Å²) in [6, 6.07) is 0. The van der Waals surface area contributed by atoms with E-state index in [4.69, 9.17) is 34.8 Å². The molecule has 0 aliphatic heterocycles. The highest BCUT2D eigenvalue weighted by atomic mass is 35.6. The lowest BCUT2D eigenvalue weighted by Crippen LogP contribution is -2.58. The van der Waals surface area contributed by atoms with E-state index in [9.17, 15) is 4.79 Å². The van der Waals surface area contributed by atoms with Gasteiger partial charge in [-0.15, -0.1) is 0 Å². The van der Waals surface area contributed by atoms with Crippen molar-refractivity contribution in [2.24, 2.45) is 0 Å². The zero-order valence-electron chi connectivity index (χ0n) is 12.2. The van der Waals surface area contributed by atoms with Gasteiger partial charge in [-0.1, -0.05) is 61.0 Å². The number of hydrogen-bond acceptors (Lipinski definition) is 2. The Hall–Kier alpha value is 0.300. The molecule has 0 aliphatic rings. The number of carbonyl (C=O) groups is 1. The van der Waals surface area contributed by atoms with E-state index in [0.29, 0.717) is 6.42 Å². The average Bonchev–Trinajstić information content (AvgIpc) is 2.20. The van der Waals surface area contributed by atoms with E-state index in [1.54, 1.807) is 0 Å². The molecule has 19 heavy (non-hydrogen) atoms. The molecule has 0 spiro atoms. The van der Waals surface area contributed by atoms with Crippen molar-refractivity contribution in [1.82, 2.24) is 10.6 Å². The van der Waals surface area contributed by atoms with Crippen molar-refractivity contribution in [2.75, 3.05) is 0 Å². The molecule has 0 unspecified atom stereocenters. The van der Waals surface area contributed by atoms with E-state index < -0.39 is 9.96 Å². The van der Waals surface area contributed by atoms with E-state index in [1.807, 2.05) is 20.8 Å². The Balaban J connectivity index is 4.29. The van der Waals surface area contributed by atoms with Crippen LogP contribution < -0.4 is 10.6 Å². The summed E-state index contributed by atoms with van der Waals surface area (Å²) in [5.41, 5.74) is -0.260. The molecule has 0 aromatic heterocycles. The minimum atomic E-state index is -1.58. The maximum absolute atomic E-state index is 11.8. The smallest absolute Gasteiger partial charge is 0.223 e. The lowest BCUT2D eigenvalue weighted by Gasteiger charge is -2.33. The van der Waals surface area contributed by atoms with Crippen LogP contribution in [-0.2, 0) is 4.79 Å². The Morgan fingerprint density at radius 1 is 1.11 bits per heavy atom. The third kappa shape index (κ3) is 10.7. The van der Waals surface area contributed by atoms with Crippen molar-refractivity contribution in [3.05, 3.63) is 0 Å². The fraction of sp³-hybridized carbons (Fsp3) is 0.923. The molecule has 0 aliphatic carbocycles. The molecular weight excluding hydrogens is 307 g/mol. The van der Waals surface area contributed by atoms with Crippen LogP contribution in [0.15, 0.2) is 0 Å². The molecule has 0 aromatic rings. The molecule has 0 saturated heterocycles. The number of unbranched alkanes of at least 4 members (excludes halogenated alkanes) is 3. The predicted molar refractivity (Wildman–Crippen MR) is 83.9 cm³/mol. The molecule has 1 amide bonds. The minimum absolute atomic E-state index is 0.0934. The quantitative estimate of drug-likeness (QED) is 0.418. The normalized spacial score (nSPS) is 14.3. The third-order valence-corrected chi connectivity index (χ3v) is 3.12. The first kappa shape index (κ1) is 19.3. The van der Waals surface area contributed by atoms with Crippen LogP contribution in [0.25, 0.3) is 0 Å². The Morgan fingerprint density at radius 3 is 2.11 bits per heavy atom. The van der Waals surface area contributed by atoms with Crippen LogP contribution in [0.5, 0.6) is 0 Å². The van der Waals surface area contributed by atoms with Gasteiger partial charge in [-0.25, -0.2) is 0 Å². The van der Waals surface area contributed by atoms with E-state index in [0.717, 1.165) is 25.7 Å². The summed E-state index contributed by atoms with van der Waals surface area (Å²) >= 11 is 17.7. The third-order valence-electron chi connectivity index (χ3n) is 2.47. The molecule has 0 saturated carbocycles. The summed E-state index contributed by atoms with van der Waals surface area (Å²) < 4.78 is -1.58. The molecule has 114 valence electrons. The second kappa shape index (κ2) is 8.56. The standard InChI is InChI=1S/C13H25Cl3N2O/c1-5-6-7-8-9-10(19)17-11(13(14,15)16)18-12(2,3)4/h11,18H,5-9H2,1-4H3,(H,17,19)/t11-/m1/s1. The molecular formula is C13H25Cl3N2O. The molecule has 0 heterocycles. The van der Waals surface area contributed by atoms with Gasteiger partial charge in [0.15, 0.2) is 0 Å². The summed E-state index contributed by atoms with van der Waals surface area (Å²) in [5, 5.41) is 5.85. The van der Waals surface area contributed by atoms with Gasteiger partial charge in [-0.3, -0.25) is 10.1 Å². The SMILES string of the molecule is CCCCCCC(=O)N[C@H](NC(C)(C)C)C(Cl)(Cl)Cl. The summed E-state index contributed by atoms with van der Waals surface area (Å²) in [5.74, 6) is -0.0934. The van der Waals surface area contributed by atoms with Gasteiger partial charge in [0.1, 0.15) is 6.17 Å². The fourth-order valence-electron chi connectivity index (χ4n) is 1.58. The van der Waals surface area contributed by atoms with Gasteiger partial charge < -0.3 is 5.32 Å². The first-order chi connectivity index (χ1) is 8.56. The maximum Gasteiger partial charge on any atom is 0.223 e. The molecule has 0 aromatic carbocycles. The number of hydrogen-bond donors (Lipinski definition) is 2. The van der Waals surface area contributed by atoms with Gasteiger partial charge in [-0.2, -0.15) is 0 Å². The number of rotatable bonds is 7. The zero-order chi connectivity index (χ0) is 15.1. The topological polar surface area (TPSA) is 41.1 Å². The molecule has 6 heteroatoms. The van der Waals surface area contributed by atoms with Crippen LogP contribution >= 0.6 is 34.8 Å². The second-order valence-corrected chi connectivity index (χ2v) is 8.12. The van der Waals surface area contributed by atoms with E-state index in [-0.39, 0.29) is 11.4 Å². The Kier molecular flexibility index (Phi) is 8.69. The summed E-state index contributed by atoms with van der Waals surface area (Å²) in [4.78, 5) is 11.8. The van der Waals surface area contributed by atoms with Gasteiger partial charge in [0.25, 0.3) is 0 Å². The fourth-order valence-corrected chi connectivity index (χ4v) is 1.91. The second-order valence-electron chi connectivity index (χ2n) is 5.75. The predicted octanol–water partition coefficient (Wildman–Crippen LogP) is 4.16. The van der Waals surface area contributed by atoms with Crippen LogP contribution in [0.4, 0.5) is 0 Å². The minimum Gasteiger partial charge on any atom is -0.337 e. The Bertz CT molecular complexity index is 272. The molecule has 0 radical (unpaired) electrons. The average molecular weight is 332 g/mol. The van der Waals surface area contributed by atoms with E-state index >= 15 is 0 Å². The lowest BCUT2D eigenvalue weighted by molar-refractivity contribution is -0.122. The maximum atomic E-state index is 11.8. The summed E-state index contributed by atoms with van der Waals surface area (Å²) in [6.07, 6.45) is 3.96. The van der Waals surface area contributed by atoms with Crippen LogP contribution in [0, 0.1) is 0 Å². The number of carbonyl (C=O) groups excluding carboxylic acids is 1. The van der Waals surface area contributed by atoms with Crippen molar-refractivity contribution < 1.29 is 4.79 Å². The van der Waals surface area contributed by atoms with Gasteiger partial charge in [0.05, 0.1) is 0 Å². The molecule has 0 bridgehead atoms. The summed E-state index contributed by atoms with van der Waals surface area (Å²) in [7, 11) is 0. The molecule has 1 atom stereocenters. The van der Waals surface area contributed by atoms with Crippen LogP contribution in [0.1, 0.15) is 59.8 Å². The number of amides is 1. The van der Waals surface area contributed by atoms with Crippen molar-refractivity contribution >= 4 is 40.7 Å². The highest BCUT2D eigenvalue weighted by molar-refractivity contribution is 6.68. The van der Waals surface area contributed by atoms with Crippen molar-refractivity contribution in [3.63, 3.8) is 0 Å². The monoisotopic (exact) mass is 330 g/mol. The largest absolute Gasteiger partial charge is 0.337 e. The lowest BCUT2D eigenvalue weighted by atomic mass is 10.1. The zero-order valence-corrected chi connectivity index (χ0v) is 14.4. The van der Waals surface area contributed by atoms with Gasteiger partial charge in [0.2, 0.25) is 9.70 Å². The van der Waals surface area contributed by atoms with Crippen LogP contribution in [0.3, 0.4) is 0 Å². The molecule has 3 nitrogen and oxygen atoms in total. The highest BCUT2D eigenvalue weighted by Crippen LogP contribution is 2.30. The first-order valence-corrected chi connectivity index (χ1v) is 7.83. The molecule has 0 rings (SSSR count). The number of alkyl halides is 3. The number of nitrogens with one attached hydrogen (secondary N) is 2. The highest BCUT2D eigenvalue weighted by Gasteiger charge is 2.36.